The zero-order valence-corrected chi connectivity index (χ0v) is 18.3. The lowest BCUT2D eigenvalue weighted by molar-refractivity contribution is -0.140. The second-order valence-corrected chi connectivity index (χ2v) is 7.27. The minimum atomic E-state index is -0.851. The van der Waals surface area contributed by atoms with E-state index in [2.05, 4.69) is 43.0 Å². The van der Waals surface area contributed by atoms with Crippen LogP contribution >= 0.6 is 0 Å². The van der Waals surface area contributed by atoms with E-state index in [1.165, 1.54) is 11.1 Å². The Labute approximate surface area is 174 Å². The molecular weight excluding hydrogens is 370 g/mol. The van der Waals surface area contributed by atoms with Crippen molar-refractivity contribution < 1.29 is 19.8 Å². The Hall–Kier alpha value is -1.96. The molecular formula is C22H37N3O4. The lowest BCUT2D eigenvalue weighted by Crippen LogP contribution is -2.48. The van der Waals surface area contributed by atoms with Crippen LogP contribution in [0.5, 0.6) is 0 Å². The number of aryl methyl sites for hydroxylation is 1. The second kappa shape index (κ2) is 13.3. The van der Waals surface area contributed by atoms with Gasteiger partial charge < -0.3 is 15.1 Å². The van der Waals surface area contributed by atoms with Crippen molar-refractivity contribution in [2.24, 2.45) is 0 Å². The van der Waals surface area contributed by atoms with Crippen LogP contribution in [0.1, 0.15) is 31.9 Å². The van der Waals surface area contributed by atoms with Gasteiger partial charge >= 0.3 is 11.9 Å². The van der Waals surface area contributed by atoms with Crippen LogP contribution in [0.4, 0.5) is 0 Å². The average Bonchev–Trinajstić information content (AvgIpc) is 2.75. The molecule has 0 amide bonds. The fourth-order valence-corrected chi connectivity index (χ4v) is 3.56. The Morgan fingerprint density at radius 1 is 0.931 bits per heavy atom. The maximum Gasteiger partial charge on any atom is 0.317 e. The van der Waals surface area contributed by atoms with Crippen LogP contribution in [0.15, 0.2) is 24.3 Å². The lowest BCUT2D eigenvalue weighted by Gasteiger charge is -2.33. The summed E-state index contributed by atoms with van der Waals surface area (Å²) in [6.07, 6.45) is 0.781. The number of hydrogen-bond donors (Lipinski definition) is 2. The van der Waals surface area contributed by atoms with Crippen LogP contribution < -0.4 is 0 Å². The Morgan fingerprint density at radius 2 is 1.48 bits per heavy atom. The summed E-state index contributed by atoms with van der Waals surface area (Å²) < 4.78 is 0. The molecule has 1 aliphatic rings. The zero-order valence-electron chi connectivity index (χ0n) is 18.3. The fraction of sp³-hybridized carbons (Fsp3) is 0.636. The summed E-state index contributed by atoms with van der Waals surface area (Å²) in [4.78, 5) is 28.7. The molecule has 0 radical (unpaired) electrons. The average molecular weight is 408 g/mol. The molecule has 0 aliphatic carbocycles. The summed E-state index contributed by atoms with van der Waals surface area (Å²) >= 11 is 0. The molecule has 0 bridgehead atoms. The highest BCUT2D eigenvalue weighted by molar-refractivity contribution is 5.69. The first-order valence-electron chi connectivity index (χ1n) is 10.5. The Morgan fingerprint density at radius 3 is 2.03 bits per heavy atom. The molecule has 1 aromatic carbocycles. The van der Waals surface area contributed by atoms with Gasteiger partial charge in [0.05, 0.1) is 13.1 Å². The molecule has 1 fully saturated rings. The summed E-state index contributed by atoms with van der Waals surface area (Å²) in [5, 5.41) is 18.5. The standard InChI is InChI=1S/C20H31N3O4.C2H6/c1-3-21-8-9-22(14-19(24)25)10-11-23(15-20(26)27)18(13-21)12-17-6-4-16(2)5-7-17;1-2/h4-7,18H,3,8-15H2,1-2H3,(H,24,25)(H,26,27);1-2H3. The molecule has 1 atom stereocenters. The normalized spacial score (nSPS) is 19.4. The molecule has 2 N–H and O–H groups in total. The number of carboxylic acids is 2. The Balaban J connectivity index is 0.00000204. The first kappa shape index (κ1) is 25.1. The van der Waals surface area contributed by atoms with E-state index < -0.39 is 11.9 Å². The third-order valence-corrected chi connectivity index (χ3v) is 5.16. The molecule has 0 aromatic heterocycles. The number of carboxylic acid groups (broad SMARTS) is 2. The van der Waals surface area contributed by atoms with Crippen molar-refractivity contribution in [1.29, 1.82) is 0 Å². The number of likely N-dealkylation sites (N-methyl/N-ethyl adjacent to an activating group) is 1. The van der Waals surface area contributed by atoms with Crippen molar-refractivity contribution in [2.75, 3.05) is 52.4 Å². The van der Waals surface area contributed by atoms with Crippen LogP contribution in [0.3, 0.4) is 0 Å². The van der Waals surface area contributed by atoms with Crippen LogP contribution in [0.25, 0.3) is 0 Å². The minimum absolute atomic E-state index is 0.0128. The lowest BCUT2D eigenvalue weighted by atomic mass is 10.0. The highest BCUT2D eigenvalue weighted by Crippen LogP contribution is 2.14. The SMILES string of the molecule is CC.CCN1CCN(CC(=O)O)CCN(CC(=O)O)C(Cc2ccc(C)cc2)C1. The largest absolute Gasteiger partial charge is 0.480 e. The van der Waals surface area contributed by atoms with Crippen LogP contribution in [-0.2, 0) is 16.0 Å². The van der Waals surface area contributed by atoms with Gasteiger partial charge in [0.15, 0.2) is 0 Å². The summed E-state index contributed by atoms with van der Waals surface area (Å²) in [6, 6.07) is 8.45. The molecule has 1 aromatic rings. The number of benzene rings is 1. The predicted octanol–water partition coefficient (Wildman–Crippen LogP) is 2.04. The summed E-state index contributed by atoms with van der Waals surface area (Å²) in [5.41, 5.74) is 2.40. The van der Waals surface area contributed by atoms with Gasteiger partial charge in [-0.3, -0.25) is 19.4 Å². The first-order chi connectivity index (χ1) is 13.9. The predicted molar refractivity (Wildman–Crippen MR) is 115 cm³/mol. The van der Waals surface area contributed by atoms with Gasteiger partial charge in [-0.1, -0.05) is 50.6 Å². The minimum Gasteiger partial charge on any atom is -0.480 e. The third-order valence-electron chi connectivity index (χ3n) is 5.16. The van der Waals surface area contributed by atoms with Gasteiger partial charge in [-0.2, -0.15) is 0 Å². The van der Waals surface area contributed by atoms with Gasteiger partial charge in [-0.05, 0) is 25.5 Å². The summed E-state index contributed by atoms with van der Waals surface area (Å²) in [6.45, 7) is 12.3. The Bertz CT molecular complexity index is 621. The van der Waals surface area contributed by atoms with Gasteiger partial charge in [-0.15, -0.1) is 0 Å². The van der Waals surface area contributed by atoms with E-state index in [9.17, 15) is 14.7 Å². The van der Waals surface area contributed by atoms with Gasteiger partial charge in [-0.25, -0.2) is 0 Å². The smallest absolute Gasteiger partial charge is 0.317 e. The molecule has 7 nitrogen and oxygen atoms in total. The highest BCUT2D eigenvalue weighted by Gasteiger charge is 2.26. The highest BCUT2D eigenvalue weighted by atomic mass is 16.4. The Kier molecular flexibility index (Phi) is 11.5. The number of aliphatic carboxylic acids is 2. The van der Waals surface area contributed by atoms with Crippen molar-refractivity contribution in [2.45, 2.75) is 40.2 Å². The summed E-state index contributed by atoms with van der Waals surface area (Å²) in [5.74, 6) is -1.70. The van der Waals surface area contributed by atoms with Gasteiger partial charge in [0.25, 0.3) is 0 Å². The van der Waals surface area contributed by atoms with E-state index in [1.54, 1.807) is 0 Å². The first-order valence-corrected chi connectivity index (χ1v) is 10.5. The van der Waals surface area contributed by atoms with Gasteiger partial charge in [0.2, 0.25) is 0 Å². The number of carbonyl (C=O) groups is 2. The molecule has 1 aliphatic heterocycles. The van der Waals surface area contributed by atoms with Crippen molar-refractivity contribution in [3.63, 3.8) is 0 Å². The maximum atomic E-state index is 11.4. The third kappa shape index (κ3) is 9.39. The maximum absolute atomic E-state index is 11.4. The van der Waals surface area contributed by atoms with Gasteiger partial charge in [0.1, 0.15) is 0 Å². The van der Waals surface area contributed by atoms with E-state index in [0.717, 1.165) is 26.1 Å². The van der Waals surface area contributed by atoms with E-state index in [0.29, 0.717) is 19.6 Å². The molecule has 0 spiro atoms. The van der Waals surface area contributed by atoms with Crippen molar-refractivity contribution in [1.82, 2.24) is 14.7 Å². The second-order valence-electron chi connectivity index (χ2n) is 7.27. The molecule has 7 heteroatoms. The molecule has 164 valence electrons. The van der Waals surface area contributed by atoms with Crippen molar-refractivity contribution >= 4 is 11.9 Å². The molecule has 2 rings (SSSR count). The van der Waals surface area contributed by atoms with Crippen LogP contribution in [-0.4, -0.2) is 95.3 Å². The van der Waals surface area contributed by atoms with E-state index >= 15 is 0 Å². The van der Waals surface area contributed by atoms with E-state index in [1.807, 2.05) is 23.6 Å². The number of rotatable bonds is 7. The van der Waals surface area contributed by atoms with Crippen LogP contribution in [0.2, 0.25) is 0 Å². The topological polar surface area (TPSA) is 84.3 Å². The fourth-order valence-electron chi connectivity index (χ4n) is 3.56. The number of hydrogen-bond acceptors (Lipinski definition) is 5. The van der Waals surface area contributed by atoms with Crippen molar-refractivity contribution in [3.05, 3.63) is 35.4 Å². The molecule has 29 heavy (non-hydrogen) atoms. The zero-order chi connectivity index (χ0) is 21.8. The number of nitrogens with zero attached hydrogens (tertiary/aromatic N) is 3. The summed E-state index contributed by atoms with van der Waals surface area (Å²) in [7, 11) is 0. The van der Waals surface area contributed by atoms with E-state index in [-0.39, 0.29) is 19.1 Å². The molecule has 1 heterocycles. The molecule has 1 saturated heterocycles. The molecule has 1 unspecified atom stereocenters. The van der Waals surface area contributed by atoms with Crippen molar-refractivity contribution in [3.8, 4) is 0 Å². The van der Waals surface area contributed by atoms with Crippen LogP contribution in [0, 0.1) is 6.92 Å². The van der Waals surface area contributed by atoms with E-state index in [4.69, 9.17) is 5.11 Å². The van der Waals surface area contributed by atoms with Gasteiger partial charge in [0, 0.05) is 38.8 Å². The monoisotopic (exact) mass is 407 g/mol. The molecule has 0 saturated carbocycles. The quantitative estimate of drug-likeness (QED) is 0.715.